The Morgan fingerprint density at radius 2 is 1.85 bits per heavy atom. The second-order valence-corrected chi connectivity index (χ2v) is 5.37. The number of nitrogens with one attached hydrogen (secondary N) is 1. The number of aromatic amines is 1. The van der Waals surface area contributed by atoms with Crippen molar-refractivity contribution >= 4 is 16.5 Å². The summed E-state index contributed by atoms with van der Waals surface area (Å²) in [5.74, 6) is 2.02. The minimum Gasteiger partial charge on any atom is -1.00 e. The quantitative estimate of drug-likeness (QED) is 0.552. The van der Waals surface area contributed by atoms with Crippen molar-refractivity contribution in [3.8, 4) is 28.5 Å². The number of nitrogens with two attached hydrogens (primary N) is 1. The van der Waals surface area contributed by atoms with Crippen LogP contribution in [-0.4, -0.2) is 21.3 Å². The van der Waals surface area contributed by atoms with Gasteiger partial charge in [0.15, 0.2) is 11.5 Å². The van der Waals surface area contributed by atoms with Gasteiger partial charge in [0.1, 0.15) is 5.69 Å². The molecule has 7 heteroatoms. The molecule has 1 heterocycles. The van der Waals surface area contributed by atoms with Crippen molar-refractivity contribution in [1.29, 1.82) is 0 Å². The number of nitrogen functional groups attached to an aromatic ring is 1. The van der Waals surface area contributed by atoms with Crippen molar-refractivity contribution in [3.63, 3.8) is 0 Å². The summed E-state index contributed by atoms with van der Waals surface area (Å²) in [5, 5.41) is 0.712. The first-order valence-electron chi connectivity index (χ1n) is 5.82. The highest BCUT2D eigenvalue weighted by Crippen LogP contribution is 2.50. The molecule has 1 aliphatic rings. The molecule has 5 nitrogen and oxygen atoms in total. The average Bonchev–Trinajstić information content (AvgIpc) is 2.92. The van der Waals surface area contributed by atoms with Gasteiger partial charge >= 0.3 is 5.13 Å². The predicted molar refractivity (Wildman–Crippen MR) is 73.2 cm³/mol. The minimum atomic E-state index is 0. The van der Waals surface area contributed by atoms with Gasteiger partial charge in [0.25, 0.3) is 0 Å². The van der Waals surface area contributed by atoms with Crippen molar-refractivity contribution < 1.29 is 43.2 Å². The van der Waals surface area contributed by atoms with Gasteiger partial charge in [-0.1, -0.05) is 11.3 Å². The monoisotopic (exact) mass is 406 g/mol. The number of halogens is 1. The molecule has 0 bridgehead atoms. The predicted octanol–water partition coefficient (Wildman–Crippen LogP) is -1.25. The summed E-state index contributed by atoms with van der Waals surface area (Å²) < 4.78 is 16.3. The van der Waals surface area contributed by atoms with Gasteiger partial charge in [0.2, 0.25) is 5.75 Å². The van der Waals surface area contributed by atoms with E-state index in [2.05, 4.69) is 4.98 Å². The summed E-state index contributed by atoms with van der Waals surface area (Å²) in [5.41, 5.74) is 9.05. The van der Waals surface area contributed by atoms with Crippen LogP contribution in [0.3, 0.4) is 0 Å². The van der Waals surface area contributed by atoms with Gasteiger partial charge in [0, 0.05) is 17.5 Å². The van der Waals surface area contributed by atoms with Crippen LogP contribution in [0.4, 0.5) is 5.13 Å². The molecule has 0 unspecified atom stereocenters. The lowest BCUT2D eigenvalue weighted by Gasteiger charge is -2.15. The lowest BCUT2D eigenvalue weighted by Crippen LogP contribution is -3.00. The topological polar surface area (TPSA) is 67.8 Å². The Morgan fingerprint density at radius 3 is 2.45 bits per heavy atom. The molecule has 0 spiro atoms. The Morgan fingerprint density at radius 1 is 1.15 bits per heavy atom. The molecule has 108 valence electrons. The van der Waals surface area contributed by atoms with E-state index in [0.29, 0.717) is 16.6 Å². The number of hydrogen-bond donors (Lipinski definition) is 1. The SMILES string of the molecule is COc1cc2c(c(OC)c1OC)Cc1sc(N)[nH+]c1-2.[I-]. The molecule has 1 aliphatic carbocycles. The third-order valence-corrected chi connectivity index (χ3v) is 4.22. The molecule has 20 heavy (non-hydrogen) atoms. The van der Waals surface area contributed by atoms with Gasteiger partial charge in [-0.3, -0.25) is 5.73 Å². The van der Waals surface area contributed by atoms with Gasteiger partial charge < -0.3 is 38.2 Å². The Hall–Kier alpha value is -1.22. The molecule has 0 amide bonds. The van der Waals surface area contributed by atoms with Gasteiger partial charge in [-0.15, -0.1) is 0 Å². The second-order valence-electron chi connectivity index (χ2n) is 4.24. The fraction of sp³-hybridized carbons (Fsp3) is 0.308. The van der Waals surface area contributed by atoms with E-state index in [-0.39, 0.29) is 24.0 Å². The van der Waals surface area contributed by atoms with Crippen LogP contribution in [0, 0.1) is 0 Å². The van der Waals surface area contributed by atoms with Crippen molar-refractivity contribution in [2.75, 3.05) is 27.1 Å². The number of hydrogen-bond acceptors (Lipinski definition) is 5. The van der Waals surface area contributed by atoms with Gasteiger partial charge in [-0.05, 0) is 6.07 Å². The van der Waals surface area contributed by atoms with Crippen molar-refractivity contribution in [2.24, 2.45) is 0 Å². The van der Waals surface area contributed by atoms with E-state index < -0.39 is 0 Å². The van der Waals surface area contributed by atoms with E-state index in [1.807, 2.05) is 6.07 Å². The molecule has 1 aromatic carbocycles. The van der Waals surface area contributed by atoms with Gasteiger partial charge in [-0.25, -0.2) is 4.98 Å². The van der Waals surface area contributed by atoms with E-state index in [9.17, 15) is 0 Å². The fourth-order valence-electron chi connectivity index (χ4n) is 2.52. The van der Waals surface area contributed by atoms with Crippen molar-refractivity contribution in [1.82, 2.24) is 0 Å². The maximum Gasteiger partial charge on any atom is 0.330 e. The van der Waals surface area contributed by atoms with Crippen LogP contribution in [0.25, 0.3) is 11.3 Å². The third kappa shape index (κ3) is 2.08. The average molecular weight is 406 g/mol. The summed E-state index contributed by atoms with van der Waals surface area (Å²) in [6.45, 7) is 0. The van der Waals surface area contributed by atoms with E-state index in [4.69, 9.17) is 19.9 Å². The molecule has 0 saturated carbocycles. The second kappa shape index (κ2) is 5.65. The van der Waals surface area contributed by atoms with Crippen molar-refractivity contribution in [2.45, 2.75) is 6.42 Å². The number of methoxy groups -OCH3 is 3. The minimum absolute atomic E-state index is 0. The molecule has 0 saturated heterocycles. The third-order valence-electron chi connectivity index (χ3n) is 3.30. The smallest absolute Gasteiger partial charge is 0.330 e. The zero-order valence-corrected chi connectivity index (χ0v) is 14.3. The highest BCUT2D eigenvalue weighted by Gasteiger charge is 2.32. The standard InChI is InChI=1S/C13H14N2O3S.HI/c1-16-8-4-6-7(11(17-2)12(8)18-3)5-9-10(6)15-13(14)19-9;/h4H,5H2,1-3H3,(H2,14,15);1H. The zero-order valence-electron chi connectivity index (χ0n) is 11.4. The number of ether oxygens (including phenoxy) is 3. The molecule has 0 aliphatic heterocycles. The van der Waals surface area contributed by atoms with Gasteiger partial charge in [-0.2, -0.15) is 0 Å². The number of fused-ring (bicyclic) bond motifs is 3. The molecule has 0 fully saturated rings. The van der Waals surface area contributed by atoms with Crippen molar-refractivity contribution in [3.05, 3.63) is 16.5 Å². The summed E-state index contributed by atoms with van der Waals surface area (Å²) in [4.78, 5) is 4.41. The molecule has 0 atom stereocenters. The van der Waals surface area contributed by atoms with Crippen LogP contribution in [0.1, 0.15) is 10.4 Å². The summed E-state index contributed by atoms with van der Waals surface area (Å²) in [6.07, 6.45) is 0.798. The molecular formula is C13H15IN2O3S. The first kappa shape index (κ1) is 15.2. The Labute approximate surface area is 138 Å². The number of anilines is 1. The van der Waals surface area contributed by atoms with E-state index in [0.717, 1.165) is 29.0 Å². The maximum absolute atomic E-state index is 5.82. The largest absolute Gasteiger partial charge is 1.00 e. The summed E-state index contributed by atoms with van der Waals surface area (Å²) in [7, 11) is 4.87. The number of rotatable bonds is 3. The van der Waals surface area contributed by atoms with Crippen LogP contribution in [0.5, 0.6) is 17.2 Å². The lowest BCUT2D eigenvalue weighted by molar-refractivity contribution is -0.340. The van der Waals surface area contributed by atoms with Crippen LogP contribution in [0.2, 0.25) is 0 Å². The van der Waals surface area contributed by atoms with E-state index >= 15 is 0 Å². The molecule has 3 N–H and O–H groups in total. The number of thiazole rings is 1. The van der Waals surface area contributed by atoms with E-state index in [1.54, 1.807) is 32.7 Å². The van der Waals surface area contributed by atoms with E-state index in [1.165, 1.54) is 4.88 Å². The Bertz CT molecular complexity index is 658. The molecule has 1 aromatic heterocycles. The number of aromatic nitrogens is 1. The van der Waals surface area contributed by atoms with Crippen LogP contribution in [-0.2, 0) is 6.42 Å². The highest BCUT2D eigenvalue weighted by molar-refractivity contribution is 7.15. The normalized spacial score (nSPS) is 11.3. The first-order chi connectivity index (χ1) is 9.19. The van der Waals surface area contributed by atoms with Crippen LogP contribution >= 0.6 is 11.3 Å². The molecule has 3 rings (SSSR count). The molecule has 2 aromatic rings. The number of benzene rings is 1. The van der Waals surface area contributed by atoms with Crippen LogP contribution < -0.4 is 48.9 Å². The summed E-state index contributed by atoms with van der Waals surface area (Å²) in [6, 6.07) is 1.96. The highest BCUT2D eigenvalue weighted by atomic mass is 127. The van der Waals surface area contributed by atoms with Gasteiger partial charge in [0.05, 0.1) is 26.2 Å². The molecular weight excluding hydrogens is 391 g/mol. The molecule has 0 radical (unpaired) electrons. The van der Waals surface area contributed by atoms with Crippen LogP contribution in [0.15, 0.2) is 6.07 Å². The summed E-state index contributed by atoms with van der Waals surface area (Å²) >= 11 is 1.56. The first-order valence-corrected chi connectivity index (χ1v) is 6.63. The maximum atomic E-state index is 5.82. The zero-order chi connectivity index (χ0) is 13.6. The Balaban J connectivity index is 0.00000147. The fourth-order valence-corrected chi connectivity index (χ4v) is 3.42. The number of H-pyrrole nitrogens is 1. The lowest BCUT2D eigenvalue weighted by atomic mass is 10.1. The Kier molecular flexibility index (Phi) is 4.28.